The fraction of sp³-hybridized carbons (Fsp3) is 0.562. The van der Waals surface area contributed by atoms with Crippen LogP contribution >= 0.6 is 0 Å². The van der Waals surface area contributed by atoms with Crippen LogP contribution in [0.5, 0.6) is 0 Å². The standard InChI is InChI=1S/C16H23FN2O/c1-3-8-16(9-10-18-11-16)15(20)19-12(2)13-6-4-5-7-14(13)17/h4-7,12,18H,3,8-11H2,1-2H3,(H,19,20)/t12-,16?/m1/s1. The lowest BCUT2D eigenvalue weighted by Crippen LogP contribution is -2.43. The van der Waals surface area contributed by atoms with Crippen LogP contribution in [-0.4, -0.2) is 19.0 Å². The van der Waals surface area contributed by atoms with Gasteiger partial charge in [-0.3, -0.25) is 4.79 Å². The van der Waals surface area contributed by atoms with Crippen molar-refractivity contribution < 1.29 is 9.18 Å². The van der Waals surface area contributed by atoms with Crippen LogP contribution in [0.15, 0.2) is 24.3 Å². The zero-order valence-corrected chi connectivity index (χ0v) is 12.2. The molecule has 1 aliphatic heterocycles. The van der Waals surface area contributed by atoms with Gasteiger partial charge in [-0.2, -0.15) is 0 Å². The Morgan fingerprint density at radius 3 is 2.85 bits per heavy atom. The lowest BCUT2D eigenvalue weighted by Gasteiger charge is -2.28. The zero-order chi connectivity index (χ0) is 14.6. The van der Waals surface area contributed by atoms with Crippen LogP contribution in [-0.2, 0) is 4.79 Å². The van der Waals surface area contributed by atoms with E-state index >= 15 is 0 Å². The van der Waals surface area contributed by atoms with E-state index in [-0.39, 0.29) is 23.2 Å². The lowest BCUT2D eigenvalue weighted by molar-refractivity contribution is -0.131. The molecule has 0 aliphatic carbocycles. The third-order valence-electron chi connectivity index (χ3n) is 4.17. The van der Waals surface area contributed by atoms with Crippen LogP contribution in [0.2, 0.25) is 0 Å². The predicted molar refractivity (Wildman–Crippen MR) is 77.8 cm³/mol. The van der Waals surface area contributed by atoms with Gasteiger partial charge in [0.25, 0.3) is 0 Å². The zero-order valence-electron chi connectivity index (χ0n) is 12.2. The molecule has 1 saturated heterocycles. The van der Waals surface area contributed by atoms with Crippen LogP contribution in [0, 0.1) is 11.2 Å². The van der Waals surface area contributed by atoms with Crippen molar-refractivity contribution >= 4 is 5.91 Å². The molecule has 1 aliphatic rings. The predicted octanol–water partition coefficient (Wildman–Crippen LogP) is 2.78. The van der Waals surface area contributed by atoms with Crippen LogP contribution in [0.1, 0.15) is 44.7 Å². The normalized spacial score (nSPS) is 23.6. The summed E-state index contributed by atoms with van der Waals surface area (Å²) in [7, 11) is 0. The van der Waals surface area contributed by atoms with Gasteiger partial charge in [0.05, 0.1) is 11.5 Å². The summed E-state index contributed by atoms with van der Waals surface area (Å²) in [6.07, 6.45) is 2.70. The van der Waals surface area contributed by atoms with Crippen molar-refractivity contribution in [3.05, 3.63) is 35.6 Å². The Morgan fingerprint density at radius 1 is 1.50 bits per heavy atom. The number of carbonyl (C=O) groups excluding carboxylic acids is 1. The summed E-state index contributed by atoms with van der Waals surface area (Å²) >= 11 is 0. The average Bonchev–Trinajstić information content (AvgIpc) is 2.89. The number of hydrogen-bond donors (Lipinski definition) is 2. The SMILES string of the molecule is CCCC1(C(=O)N[C@H](C)c2ccccc2F)CCNC1. The van der Waals surface area contributed by atoms with Gasteiger partial charge >= 0.3 is 0 Å². The number of rotatable bonds is 5. The first-order chi connectivity index (χ1) is 9.59. The molecule has 110 valence electrons. The molecule has 1 unspecified atom stereocenters. The first-order valence-electron chi connectivity index (χ1n) is 7.35. The van der Waals surface area contributed by atoms with Crippen molar-refractivity contribution in [3.8, 4) is 0 Å². The molecular weight excluding hydrogens is 255 g/mol. The molecule has 2 rings (SSSR count). The molecule has 0 aromatic heterocycles. The van der Waals surface area contributed by atoms with Crippen molar-refractivity contribution in [1.82, 2.24) is 10.6 Å². The quantitative estimate of drug-likeness (QED) is 0.869. The first kappa shape index (κ1) is 15.0. The number of nitrogens with one attached hydrogen (secondary N) is 2. The minimum absolute atomic E-state index is 0.0418. The summed E-state index contributed by atoms with van der Waals surface area (Å²) in [5.41, 5.74) is 0.215. The van der Waals surface area contributed by atoms with Gasteiger partial charge < -0.3 is 10.6 Å². The highest BCUT2D eigenvalue weighted by Gasteiger charge is 2.40. The molecule has 2 N–H and O–H groups in total. The van der Waals surface area contributed by atoms with E-state index in [4.69, 9.17) is 0 Å². The van der Waals surface area contributed by atoms with E-state index in [0.29, 0.717) is 5.56 Å². The van der Waals surface area contributed by atoms with Gasteiger partial charge in [-0.05, 0) is 32.4 Å². The highest BCUT2D eigenvalue weighted by molar-refractivity contribution is 5.83. The average molecular weight is 278 g/mol. The largest absolute Gasteiger partial charge is 0.349 e. The van der Waals surface area contributed by atoms with Crippen LogP contribution in [0.3, 0.4) is 0 Å². The molecule has 1 amide bonds. The van der Waals surface area contributed by atoms with Gasteiger partial charge in [0.15, 0.2) is 0 Å². The number of hydrogen-bond acceptors (Lipinski definition) is 2. The number of halogens is 1. The molecular formula is C16H23FN2O. The first-order valence-corrected chi connectivity index (χ1v) is 7.35. The molecule has 1 heterocycles. The smallest absolute Gasteiger partial charge is 0.228 e. The van der Waals surface area contributed by atoms with E-state index in [1.807, 2.05) is 6.92 Å². The van der Waals surface area contributed by atoms with Crippen LogP contribution < -0.4 is 10.6 Å². The summed E-state index contributed by atoms with van der Waals surface area (Å²) in [6, 6.07) is 6.29. The summed E-state index contributed by atoms with van der Waals surface area (Å²) < 4.78 is 13.7. The second-order valence-electron chi connectivity index (χ2n) is 5.67. The summed E-state index contributed by atoms with van der Waals surface area (Å²) in [6.45, 7) is 5.52. The van der Waals surface area contributed by atoms with Gasteiger partial charge in [0.2, 0.25) is 5.91 Å². The third kappa shape index (κ3) is 3.01. The summed E-state index contributed by atoms with van der Waals surface area (Å²) in [5, 5.41) is 6.25. The lowest BCUT2D eigenvalue weighted by atomic mass is 9.81. The van der Waals surface area contributed by atoms with Gasteiger partial charge in [-0.15, -0.1) is 0 Å². The molecule has 0 spiro atoms. The molecule has 4 heteroatoms. The molecule has 1 fully saturated rings. The Kier molecular flexibility index (Phi) is 4.76. The molecule has 0 bridgehead atoms. The fourth-order valence-electron chi connectivity index (χ4n) is 3.00. The van der Waals surface area contributed by atoms with E-state index in [9.17, 15) is 9.18 Å². The second kappa shape index (κ2) is 6.35. The van der Waals surface area contributed by atoms with Crippen molar-refractivity contribution in [2.75, 3.05) is 13.1 Å². The summed E-state index contributed by atoms with van der Waals surface area (Å²) in [5.74, 6) is -0.227. The fourth-order valence-corrected chi connectivity index (χ4v) is 3.00. The summed E-state index contributed by atoms with van der Waals surface area (Å²) in [4.78, 5) is 12.6. The van der Waals surface area contributed by atoms with Gasteiger partial charge in [0.1, 0.15) is 5.82 Å². The highest BCUT2D eigenvalue weighted by atomic mass is 19.1. The number of benzene rings is 1. The van der Waals surface area contributed by atoms with Crippen molar-refractivity contribution in [1.29, 1.82) is 0 Å². The van der Waals surface area contributed by atoms with Crippen molar-refractivity contribution in [2.45, 2.75) is 39.2 Å². The van der Waals surface area contributed by atoms with E-state index in [1.54, 1.807) is 18.2 Å². The highest BCUT2D eigenvalue weighted by Crippen LogP contribution is 2.32. The molecule has 1 aromatic rings. The monoisotopic (exact) mass is 278 g/mol. The minimum Gasteiger partial charge on any atom is -0.349 e. The van der Waals surface area contributed by atoms with Crippen molar-refractivity contribution in [2.24, 2.45) is 5.41 Å². The Morgan fingerprint density at radius 2 is 2.25 bits per heavy atom. The molecule has 20 heavy (non-hydrogen) atoms. The molecule has 2 atom stereocenters. The Bertz CT molecular complexity index is 469. The number of amides is 1. The van der Waals surface area contributed by atoms with E-state index in [0.717, 1.165) is 32.4 Å². The van der Waals surface area contributed by atoms with E-state index in [2.05, 4.69) is 17.6 Å². The second-order valence-corrected chi connectivity index (χ2v) is 5.67. The van der Waals surface area contributed by atoms with Crippen LogP contribution in [0.25, 0.3) is 0 Å². The van der Waals surface area contributed by atoms with Gasteiger partial charge in [-0.1, -0.05) is 31.5 Å². The Labute approximate surface area is 120 Å². The molecule has 0 saturated carbocycles. The number of carbonyl (C=O) groups is 1. The maximum absolute atomic E-state index is 13.7. The maximum Gasteiger partial charge on any atom is 0.228 e. The minimum atomic E-state index is -0.325. The van der Waals surface area contributed by atoms with E-state index < -0.39 is 0 Å². The Balaban J connectivity index is 2.08. The molecule has 0 radical (unpaired) electrons. The van der Waals surface area contributed by atoms with E-state index in [1.165, 1.54) is 6.07 Å². The Hall–Kier alpha value is -1.42. The van der Waals surface area contributed by atoms with Gasteiger partial charge in [-0.25, -0.2) is 4.39 Å². The third-order valence-corrected chi connectivity index (χ3v) is 4.17. The van der Waals surface area contributed by atoms with Gasteiger partial charge in [0, 0.05) is 12.1 Å². The molecule has 1 aromatic carbocycles. The van der Waals surface area contributed by atoms with Crippen LogP contribution in [0.4, 0.5) is 4.39 Å². The topological polar surface area (TPSA) is 41.1 Å². The van der Waals surface area contributed by atoms with Crippen molar-refractivity contribution in [3.63, 3.8) is 0 Å². The molecule has 3 nitrogen and oxygen atoms in total. The maximum atomic E-state index is 13.7.